The van der Waals surface area contributed by atoms with Crippen LogP contribution >= 0.6 is 0 Å². The van der Waals surface area contributed by atoms with E-state index in [1.54, 1.807) is 19.9 Å². The number of aliphatic hydroxyl groups is 1. The number of rotatable bonds is 10. The second-order valence-corrected chi connectivity index (χ2v) is 11.1. The second-order valence-electron chi connectivity index (χ2n) is 11.1. The van der Waals surface area contributed by atoms with E-state index in [0.29, 0.717) is 10.9 Å². The Kier molecular flexibility index (Phi) is 8.79. The van der Waals surface area contributed by atoms with Gasteiger partial charge in [-0.1, -0.05) is 6.92 Å². The van der Waals surface area contributed by atoms with Crippen molar-refractivity contribution in [2.75, 3.05) is 19.8 Å². The average molecular weight is 663 g/mol. The Morgan fingerprint density at radius 1 is 1.15 bits per heavy atom. The first kappa shape index (κ1) is 33.4. The summed E-state index contributed by atoms with van der Waals surface area (Å²) in [5, 5.41) is 13.7. The van der Waals surface area contributed by atoms with Crippen molar-refractivity contribution in [2.24, 2.45) is 5.73 Å². The van der Waals surface area contributed by atoms with Gasteiger partial charge in [0.15, 0.2) is 0 Å². The van der Waals surface area contributed by atoms with Crippen LogP contribution in [0.1, 0.15) is 40.5 Å². The van der Waals surface area contributed by atoms with E-state index >= 15 is 0 Å². The molecule has 47 heavy (non-hydrogen) atoms. The first-order chi connectivity index (χ1) is 22.1. The van der Waals surface area contributed by atoms with Crippen molar-refractivity contribution in [2.45, 2.75) is 43.9 Å². The minimum absolute atomic E-state index is 0.0229. The summed E-state index contributed by atoms with van der Waals surface area (Å²) in [7, 11) is 0. The van der Waals surface area contributed by atoms with Crippen LogP contribution in [0.15, 0.2) is 54.7 Å². The van der Waals surface area contributed by atoms with Crippen molar-refractivity contribution < 1.29 is 50.5 Å². The predicted octanol–water partition coefficient (Wildman–Crippen LogP) is 5.09. The number of alkyl halides is 5. The predicted molar refractivity (Wildman–Crippen MR) is 157 cm³/mol. The van der Waals surface area contributed by atoms with E-state index in [9.17, 15) is 41.0 Å². The minimum Gasteiger partial charge on any atom is -0.489 e. The van der Waals surface area contributed by atoms with E-state index in [2.05, 4.69) is 15.3 Å². The van der Waals surface area contributed by atoms with Gasteiger partial charge in [-0.25, -0.2) is 18.2 Å². The Labute approximate surface area is 263 Å². The number of amides is 2. The molecule has 9 nitrogen and oxygen atoms in total. The van der Waals surface area contributed by atoms with Gasteiger partial charge in [-0.2, -0.15) is 13.2 Å². The van der Waals surface area contributed by atoms with E-state index in [-0.39, 0.29) is 52.4 Å². The SMILES string of the molecule is CC[C@]1(C(N)=O)COc2c1cc(C(O)(CNC(=O)c1cc(OCC(F)F)c3ncc(C)cc3c1)C(F)(F)F)nc2-c1ccc(F)cc1. The molecule has 15 heteroatoms. The topological polar surface area (TPSA) is 137 Å². The lowest BCUT2D eigenvalue weighted by atomic mass is 9.78. The van der Waals surface area contributed by atoms with Crippen LogP contribution < -0.4 is 20.5 Å². The number of nitrogens with one attached hydrogen (secondary N) is 1. The maximum Gasteiger partial charge on any atom is 0.424 e. The molecular weight excluding hydrogens is 634 g/mol. The van der Waals surface area contributed by atoms with Crippen molar-refractivity contribution in [3.63, 3.8) is 0 Å². The number of primary amides is 1. The lowest BCUT2D eigenvalue weighted by Crippen LogP contribution is -2.52. The van der Waals surface area contributed by atoms with Crippen LogP contribution in [0.2, 0.25) is 0 Å². The number of pyridine rings is 2. The van der Waals surface area contributed by atoms with E-state index in [1.807, 2.05) is 0 Å². The third-order valence-electron chi connectivity index (χ3n) is 8.05. The molecule has 2 aromatic heterocycles. The molecule has 4 N–H and O–H groups in total. The number of nitrogens with two attached hydrogens (primary N) is 1. The van der Waals surface area contributed by atoms with Gasteiger partial charge >= 0.3 is 6.18 Å². The number of carbonyl (C=O) groups is 2. The van der Waals surface area contributed by atoms with E-state index in [1.165, 1.54) is 24.4 Å². The van der Waals surface area contributed by atoms with Crippen molar-refractivity contribution >= 4 is 22.7 Å². The van der Waals surface area contributed by atoms with Gasteiger partial charge in [0.05, 0.1) is 12.2 Å². The van der Waals surface area contributed by atoms with Crippen LogP contribution in [0, 0.1) is 12.7 Å². The summed E-state index contributed by atoms with van der Waals surface area (Å²) in [6.07, 6.45) is -6.84. The average Bonchev–Trinajstić information content (AvgIpc) is 3.41. The summed E-state index contributed by atoms with van der Waals surface area (Å²) in [5.41, 5.74) is -0.371. The molecule has 1 aliphatic rings. The highest BCUT2D eigenvalue weighted by atomic mass is 19.4. The number of nitrogens with zero attached hydrogens (tertiary/aromatic N) is 2. The Bertz CT molecular complexity index is 1850. The fraction of sp³-hybridized carbons (Fsp3) is 0.312. The molecule has 248 valence electrons. The maximum absolute atomic E-state index is 14.8. The number of ether oxygens (including phenoxy) is 2. The number of carbonyl (C=O) groups excluding carboxylic acids is 2. The lowest BCUT2D eigenvalue weighted by Gasteiger charge is -2.32. The summed E-state index contributed by atoms with van der Waals surface area (Å²) >= 11 is 0. The van der Waals surface area contributed by atoms with Crippen LogP contribution in [0.25, 0.3) is 22.2 Å². The van der Waals surface area contributed by atoms with Gasteiger partial charge in [0.1, 0.15) is 47.2 Å². The highest BCUT2D eigenvalue weighted by Crippen LogP contribution is 2.49. The molecule has 2 amide bonds. The van der Waals surface area contributed by atoms with Gasteiger partial charge in [0, 0.05) is 28.3 Å². The van der Waals surface area contributed by atoms with Gasteiger partial charge in [0.2, 0.25) is 11.5 Å². The summed E-state index contributed by atoms with van der Waals surface area (Å²) in [4.78, 5) is 34.1. The van der Waals surface area contributed by atoms with Crippen LogP contribution in [-0.2, 0) is 15.8 Å². The van der Waals surface area contributed by atoms with Crippen LogP contribution in [0.4, 0.5) is 26.3 Å². The second kappa shape index (κ2) is 12.4. The fourth-order valence-electron chi connectivity index (χ4n) is 5.36. The monoisotopic (exact) mass is 662 g/mol. The molecule has 5 rings (SSSR count). The molecule has 1 unspecified atom stereocenters. The zero-order chi connectivity index (χ0) is 34.3. The van der Waals surface area contributed by atoms with Gasteiger partial charge in [-0.3, -0.25) is 14.6 Å². The van der Waals surface area contributed by atoms with Crippen molar-refractivity contribution in [1.82, 2.24) is 15.3 Å². The van der Waals surface area contributed by atoms with Gasteiger partial charge in [0.25, 0.3) is 12.3 Å². The van der Waals surface area contributed by atoms with Gasteiger partial charge in [-0.15, -0.1) is 0 Å². The molecule has 0 aliphatic carbocycles. The van der Waals surface area contributed by atoms with Crippen molar-refractivity contribution in [3.8, 4) is 22.8 Å². The molecule has 0 bridgehead atoms. The summed E-state index contributed by atoms with van der Waals surface area (Å²) in [6.45, 7) is 0.455. The summed E-state index contributed by atoms with van der Waals surface area (Å²) in [5.74, 6) is -2.91. The Morgan fingerprint density at radius 2 is 1.85 bits per heavy atom. The summed E-state index contributed by atoms with van der Waals surface area (Å²) in [6, 6.07) is 9.34. The first-order valence-corrected chi connectivity index (χ1v) is 14.2. The van der Waals surface area contributed by atoms with E-state index < -0.39 is 60.1 Å². The van der Waals surface area contributed by atoms with Crippen molar-refractivity contribution in [3.05, 3.63) is 82.9 Å². The highest BCUT2D eigenvalue weighted by Gasteiger charge is 2.58. The molecule has 0 saturated carbocycles. The number of aryl methyl sites for hydroxylation is 1. The number of benzene rings is 2. The maximum atomic E-state index is 14.8. The standard InChI is InChI=1S/C32H28F6N4O5/c1-3-30(29(39)44)15-47-27-21(30)11-23(42-26(27)17-4-6-20(33)7-5-17)31(45,32(36,37)38)14-41-28(43)19-9-18-8-16(2)12-40-25(18)22(10-19)46-13-24(34)35/h4-12,24,45H,3,13-15H2,1-2H3,(H2,39,44)(H,41,43)/t30-,31?/m0/s1. The Hall–Kier alpha value is -4.92. The normalized spacial score (nSPS) is 17.2. The van der Waals surface area contributed by atoms with Crippen LogP contribution in [-0.4, -0.2) is 59.2 Å². The Balaban J connectivity index is 1.58. The van der Waals surface area contributed by atoms with Gasteiger partial charge in [-0.05, 0) is 67.4 Å². The number of hydrogen-bond donors (Lipinski definition) is 3. The molecule has 0 radical (unpaired) electrons. The molecule has 1 aliphatic heterocycles. The molecule has 0 spiro atoms. The number of aromatic nitrogens is 2. The molecular formula is C32H28F6N4O5. The van der Waals surface area contributed by atoms with Crippen LogP contribution in [0.5, 0.6) is 11.5 Å². The van der Waals surface area contributed by atoms with E-state index in [4.69, 9.17) is 15.2 Å². The zero-order valence-electron chi connectivity index (χ0n) is 24.9. The van der Waals surface area contributed by atoms with Gasteiger partial charge < -0.3 is 25.6 Å². The molecule has 4 aromatic rings. The number of hydrogen-bond acceptors (Lipinski definition) is 7. The highest BCUT2D eigenvalue weighted by molar-refractivity contribution is 6.00. The van der Waals surface area contributed by atoms with Crippen molar-refractivity contribution in [1.29, 1.82) is 0 Å². The molecule has 2 aromatic carbocycles. The molecule has 3 heterocycles. The molecule has 0 fully saturated rings. The first-order valence-electron chi connectivity index (χ1n) is 14.2. The quantitative estimate of drug-likeness (QED) is 0.201. The third kappa shape index (κ3) is 6.14. The molecule has 2 atom stereocenters. The van der Waals surface area contributed by atoms with Crippen LogP contribution in [0.3, 0.4) is 0 Å². The fourth-order valence-corrected chi connectivity index (χ4v) is 5.36. The molecule has 0 saturated heterocycles. The third-order valence-corrected chi connectivity index (χ3v) is 8.05. The smallest absolute Gasteiger partial charge is 0.424 e. The minimum atomic E-state index is -5.45. The van der Waals surface area contributed by atoms with E-state index in [0.717, 1.165) is 24.3 Å². The number of fused-ring (bicyclic) bond motifs is 2. The lowest BCUT2D eigenvalue weighted by molar-refractivity contribution is -0.265. The zero-order valence-corrected chi connectivity index (χ0v) is 24.9. The summed E-state index contributed by atoms with van der Waals surface area (Å²) < 4.78 is 94.8. The number of halogens is 6. The Morgan fingerprint density at radius 3 is 2.47 bits per heavy atom. The largest absolute Gasteiger partial charge is 0.489 e.